The third-order valence-electron chi connectivity index (χ3n) is 2.62. The molecule has 6 heteroatoms. The highest BCUT2D eigenvalue weighted by molar-refractivity contribution is 5.40. The van der Waals surface area contributed by atoms with E-state index in [1.165, 1.54) is 0 Å². The van der Waals surface area contributed by atoms with Crippen molar-refractivity contribution in [1.29, 1.82) is 0 Å². The number of rotatable bonds is 5. The lowest BCUT2D eigenvalue weighted by Crippen LogP contribution is -2.03. The summed E-state index contributed by atoms with van der Waals surface area (Å²) in [6.45, 7) is 0.947. The number of ether oxygens (including phenoxy) is 2. The molecule has 0 saturated carbocycles. The van der Waals surface area contributed by atoms with Gasteiger partial charge in [-0.3, -0.25) is 0 Å². The van der Waals surface area contributed by atoms with Crippen molar-refractivity contribution in [2.75, 3.05) is 14.2 Å². The lowest BCUT2D eigenvalue weighted by atomic mass is 10.2. The third kappa shape index (κ3) is 2.60. The SMILES string of the molecule is COc1ccc(OC)c(Cn2cc(CN)nn2)c1. The van der Waals surface area contributed by atoms with Crippen LogP contribution in [-0.4, -0.2) is 29.2 Å². The summed E-state index contributed by atoms with van der Waals surface area (Å²) in [6, 6.07) is 5.65. The number of nitrogens with zero attached hydrogens (tertiary/aromatic N) is 3. The molecule has 96 valence electrons. The Balaban J connectivity index is 2.25. The Bertz CT molecular complexity index is 525. The minimum atomic E-state index is 0.384. The van der Waals surface area contributed by atoms with E-state index in [1.54, 1.807) is 18.9 Å². The van der Waals surface area contributed by atoms with Crippen LogP contribution in [0.5, 0.6) is 11.5 Å². The first-order valence-corrected chi connectivity index (χ1v) is 5.56. The monoisotopic (exact) mass is 248 g/mol. The van der Waals surface area contributed by atoms with Crippen molar-refractivity contribution >= 4 is 0 Å². The molecule has 0 saturated heterocycles. The van der Waals surface area contributed by atoms with Crippen LogP contribution >= 0.6 is 0 Å². The maximum absolute atomic E-state index is 5.50. The predicted molar refractivity (Wildman–Crippen MR) is 66.6 cm³/mol. The van der Waals surface area contributed by atoms with E-state index in [9.17, 15) is 0 Å². The fourth-order valence-corrected chi connectivity index (χ4v) is 1.69. The van der Waals surface area contributed by atoms with Crippen LogP contribution in [0.3, 0.4) is 0 Å². The van der Waals surface area contributed by atoms with Gasteiger partial charge in [-0.15, -0.1) is 5.10 Å². The predicted octanol–water partition coefficient (Wildman–Crippen LogP) is 0.802. The summed E-state index contributed by atoms with van der Waals surface area (Å²) in [5.74, 6) is 1.57. The van der Waals surface area contributed by atoms with E-state index < -0.39 is 0 Å². The van der Waals surface area contributed by atoms with E-state index in [-0.39, 0.29) is 0 Å². The Morgan fingerprint density at radius 3 is 2.72 bits per heavy atom. The highest BCUT2D eigenvalue weighted by Crippen LogP contribution is 2.24. The molecule has 0 bridgehead atoms. The van der Waals surface area contributed by atoms with Gasteiger partial charge in [0.25, 0.3) is 0 Å². The van der Waals surface area contributed by atoms with E-state index >= 15 is 0 Å². The van der Waals surface area contributed by atoms with Crippen molar-refractivity contribution in [2.45, 2.75) is 13.1 Å². The van der Waals surface area contributed by atoms with Crippen molar-refractivity contribution in [2.24, 2.45) is 5.73 Å². The van der Waals surface area contributed by atoms with Crippen LogP contribution in [0.15, 0.2) is 24.4 Å². The molecule has 0 atom stereocenters. The average molecular weight is 248 g/mol. The Kier molecular flexibility index (Phi) is 3.78. The molecule has 2 rings (SSSR count). The van der Waals surface area contributed by atoms with E-state index in [1.807, 2.05) is 24.4 Å². The summed E-state index contributed by atoms with van der Waals surface area (Å²) in [5, 5.41) is 7.95. The molecule has 0 amide bonds. The van der Waals surface area contributed by atoms with E-state index in [0.29, 0.717) is 13.1 Å². The largest absolute Gasteiger partial charge is 0.497 e. The van der Waals surface area contributed by atoms with Crippen molar-refractivity contribution in [3.63, 3.8) is 0 Å². The van der Waals surface area contributed by atoms with Crippen LogP contribution in [0.1, 0.15) is 11.3 Å². The zero-order valence-corrected chi connectivity index (χ0v) is 10.5. The maximum atomic E-state index is 5.50. The summed E-state index contributed by atoms with van der Waals surface area (Å²) in [7, 11) is 3.27. The topological polar surface area (TPSA) is 75.2 Å². The summed E-state index contributed by atoms with van der Waals surface area (Å²) in [5.41, 5.74) is 7.24. The molecular weight excluding hydrogens is 232 g/mol. The van der Waals surface area contributed by atoms with Crippen LogP contribution < -0.4 is 15.2 Å². The molecule has 2 aromatic rings. The second kappa shape index (κ2) is 5.50. The summed E-state index contributed by atoms with van der Waals surface area (Å²) in [4.78, 5) is 0. The lowest BCUT2D eigenvalue weighted by molar-refractivity contribution is 0.396. The van der Waals surface area contributed by atoms with Gasteiger partial charge < -0.3 is 15.2 Å². The van der Waals surface area contributed by atoms with Crippen LogP contribution in [0.25, 0.3) is 0 Å². The van der Waals surface area contributed by atoms with Crippen molar-refractivity contribution in [3.8, 4) is 11.5 Å². The zero-order chi connectivity index (χ0) is 13.0. The Morgan fingerprint density at radius 2 is 2.11 bits per heavy atom. The maximum Gasteiger partial charge on any atom is 0.124 e. The van der Waals surface area contributed by atoms with E-state index in [4.69, 9.17) is 15.2 Å². The molecule has 0 aliphatic carbocycles. The van der Waals surface area contributed by atoms with Gasteiger partial charge in [-0.1, -0.05) is 5.21 Å². The summed E-state index contributed by atoms with van der Waals surface area (Å²) in [6.07, 6.45) is 1.82. The highest BCUT2D eigenvalue weighted by atomic mass is 16.5. The van der Waals surface area contributed by atoms with Gasteiger partial charge in [0.1, 0.15) is 11.5 Å². The van der Waals surface area contributed by atoms with Crippen molar-refractivity contribution in [3.05, 3.63) is 35.7 Å². The number of aromatic nitrogens is 3. The van der Waals surface area contributed by atoms with Gasteiger partial charge in [-0.05, 0) is 18.2 Å². The standard InChI is InChI=1S/C12H16N4O2/c1-17-11-3-4-12(18-2)9(5-11)7-16-8-10(6-13)14-15-16/h3-5,8H,6-7,13H2,1-2H3. The zero-order valence-electron chi connectivity index (χ0n) is 10.5. The number of methoxy groups -OCH3 is 2. The van der Waals surface area contributed by atoms with Gasteiger partial charge in [-0.2, -0.15) is 0 Å². The Labute approximate surface area is 105 Å². The van der Waals surface area contributed by atoms with Gasteiger partial charge in [-0.25, -0.2) is 4.68 Å². The van der Waals surface area contributed by atoms with Gasteiger partial charge >= 0.3 is 0 Å². The molecule has 0 aliphatic heterocycles. The van der Waals surface area contributed by atoms with Gasteiger partial charge in [0.2, 0.25) is 0 Å². The first-order valence-electron chi connectivity index (χ1n) is 5.56. The number of nitrogens with two attached hydrogens (primary N) is 1. The average Bonchev–Trinajstić information content (AvgIpc) is 2.86. The Morgan fingerprint density at radius 1 is 1.28 bits per heavy atom. The molecule has 0 radical (unpaired) electrons. The van der Waals surface area contributed by atoms with Crippen molar-refractivity contribution < 1.29 is 9.47 Å². The number of hydrogen-bond acceptors (Lipinski definition) is 5. The first kappa shape index (κ1) is 12.4. The van der Waals surface area contributed by atoms with Crippen LogP contribution in [0.4, 0.5) is 0 Å². The molecule has 0 spiro atoms. The normalized spacial score (nSPS) is 10.4. The van der Waals surface area contributed by atoms with Gasteiger partial charge in [0, 0.05) is 12.1 Å². The lowest BCUT2D eigenvalue weighted by Gasteiger charge is -2.10. The minimum absolute atomic E-state index is 0.384. The fraction of sp³-hybridized carbons (Fsp3) is 0.333. The Hall–Kier alpha value is -2.08. The molecule has 0 unspecified atom stereocenters. The van der Waals surface area contributed by atoms with Gasteiger partial charge in [0.15, 0.2) is 0 Å². The molecule has 0 fully saturated rings. The van der Waals surface area contributed by atoms with Gasteiger partial charge in [0.05, 0.1) is 32.7 Å². The minimum Gasteiger partial charge on any atom is -0.497 e. The molecule has 6 nitrogen and oxygen atoms in total. The third-order valence-corrected chi connectivity index (χ3v) is 2.62. The molecule has 1 heterocycles. The molecule has 1 aromatic heterocycles. The quantitative estimate of drug-likeness (QED) is 0.847. The second-order valence-corrected chi connectivity index (χ2v) is 3.79. The first-order chi connectivity index (χ1) is 8.76. The smallest absolute Gasteiger partial charge is 0.124 e. The van der Waals surface area contributed by atoms with Crippen molar-refractivity contribution in [1.82, 2.24) is 15.0 Å². The molecule has 18 heavy (non-hydrogen) atoms. The summed E-state index contributed by atoms with van der Waals surface area (Å²) < 4.78 is 12.2. The molecular formula is C12H16N4O2. The number of hydrogen-bond donors (Lipinski definition) is 1. The van der Waals surface area contributed by atoms with Crippen LogP contribution in [0, 0.1) is 0 Å². The van der Waals surface area contributed by atoms with Crippen LogP contribution in [-0.2, 0) is 13.1 Å². The number of benzene rings is 1. The van der Waals surface area contributed by atoms with E-state index in [0.717, 1.165) is 22.8 Å². The van der Waals surface area contributed by atoms with E-state index in [2.05, 4.69) is 10.3 Å². The second-order valence-electron chi connectivity index (χ2n) is 3.79. The molecule has 1 aromatic carbocycles. The highest BCUT2D eigenvalue weighted by Gasteiger charge is 2.07. The molecule has 0 aliphatic rings. The van der Waals surface area contributed by atoms with Crippen LogP contribution in [0.2, 0.25) is 0 Å². The fourth-order valence-electron chi connectivity index (χ4n) is 1.69. The molecule has 2 N–H and O–H groups in total. The summed E-state index contributed by atoms with van der Waals surface area (Å²) >= 11 is 0.